The van der Waals surface area contributed by atoms with Gasteiger partial charge in [0.25, 0.3) is 0 Å². The molecule has 0 aliphatic heterocycles. The van der Waals surface area contributed by atoms with Crippen LogP contribution < -0.4 is 0 Å². The van der Waals surface area contributed by atoms with Gasteiger partial charge in [-0.2, -0.15) is 0 Å². The van der Waals surface area contributed by atoms with E-state index in [9.17, 15) is 0 Å². The van der Waals surface area contributed by atoms with Crippen molar-refractivity contribution in [2.24, 2.45) is 5.92 Å². The van der Waals surface area contributed by atoms with E-state index in [2.05, 4.69) is 6.92 Å². The Bertz CT molecular complexity index is 85.9. The van der Waals surface area contributed by atoms with Crippen molar-refractivity contribution in [3.63, 3.8) is 0 Å². The molecule has 0 aromatic rings. The zero-order valence-electron chi connectivity index (χ0n) is 8.06. The summed E-state index contributed by atoms with van der Waals surface area (Å²) >= 11 is 5.60. The number of alkyl halides is 1. The van der Waals surface area contributed by atoms with Crippen LogP contribution in [0.25, 0.3) is 0 Å². The fourth-order valence-electron chi connectivity index (χ4n) is 1.35. The van der Waals surface area contributed by atoms with Crippen molar-refractivity contribution in [1.82, 2.24) is 0 Å². The zero-order chi connectivity index (χ0) is 9.23. The molecule has 0 aromatic carbocycles. The number of aliphatic hydroxyl groups excluding tert-OH is 1. The second-order valence-corrected chi connectivity index (χ2v) is 3.89. The van der Waals surface area contributed by atoms with Gasteiger partial charge in [0.2, 0.25) is 0 Å². The van der Waals surface area contributed by atoms with Gasteiger partial charge in [-0.25, -0.2) is 0 Å². The smallest absolute Gasteiger partial charge is 0.0431 e. The van der Waals surface area contributed by atoms with Crippen molar-refractivity contribution in [1.29, 1.82) is 0 Å². The lowest BCUT2D eigenvalue weighted by molar-refractivity contribution is 0.280. The molecule has 1 nitrogen and oxygen atoms in total. The number of unbranched alkanes of at least 4 members (excludes halogenated alkanes) is 2. The van der Waals surface area contributed by atoms with Gasteiger partial charge in [-0.1, -0.05) is 26.2 Å². The Morgan fingerprint density at radius 2 is 1.75 bits per heavy atom. The first-order chi connectivity index (χ1) is 5.81. The molecular weight excluding hydrogens is 172 g/mol. The van der Waals surface area contributed by atoms with Crippen LogP contribution in [0.3, 0.4) is 0 Å². The van der Waals surface area contributed by atoms with E-state index in [1.807, 2.05) is 0 Å². The highest BCUT2D eigenvalue weighted by molar-refractivity contribution is 6.17. The van der Waals surface area contributed by atoms with E-state index in [0.29, 0.717) is 6.61 Å². The number of aliphatic hydroxyl groups is 1. The molecule has 0 heterocycles. The van der Waals surface area contributed by atoms with E-state index in [4.69, 9.17) is 16.7 Å². The normalized spacial score (nSPS) is 13.2. The van der Waals surface area contributed by atoms with Gasteiger partial charge in [-0.15, -0.1) is 11.6 Å². The Morgan fingerprint density at radius 3 is 2.33 bits per heavy atom. The lowest BCUT2D eigenvalue weighted by Crippen LogP contribution is -1.95. The van der Waals surface area contributed by atoms with Gasteiger partial charge < -0.3 is 5.11 Å². The monoisotopic (exact) mass is 192 g/mol. The highest BCUT2D eigenvalue weighted by Crippen LogP contribution is 2.14. The fourth-order valence-corrected chi connectivity index (χ4v) is 1.51. The quantitative estimate of drug-likeness (QED) is 0.463. The van der Waals surface area contributed by atoms with E-state index in [1.165, 1.54) is 25.7 Å². The van der Waals surface area contributed by atoms with E-state index >= 15 is 0 Å². The minimum absolute atomic E-state index is 0.343. The van der Waals surface area contributed by atoms with Crippen LogP contribution in [0.2, 0.25) is 0 Å². The highest BCUT2D eigenvalue weighted by Gasteiger charge is 2.00. The van der Waals surface area contributed by atoms with Crippen molar-refractivity contribution < 1.29 is 5.11 Å². The van der Waals surface area contributed by atoms with Gasteiger partial charge in [0.1, 0.15) is 0 Å². The second kappa shape index (κ2) is 9.34. The first-order valence-electron chi connectivity index (χ1n) is 4.98. The van der Waals surface area contributed by atoms with E-state index in [1.54, 1.807) is 0 Å². The van der Waals surface area contributed by atoms with Crippen molar-refractivity contribution in [2.75, 3.05) is 12.5 Å². The van der Waals surface area contributed by atoms with Crippen LogP contribution in [0, 0.1) is 5.92 Å². The molecule has 0 unspecified atom stereocenters. The number of hydrogen-bond acceptors (Lipinski definition) is 1. The van der Waals surface area contributed by atoms with E-state index < -0.39 is 0 Å². The molecule has 0 aliphatic rings. The van der Waals surface area contributed by atoms with E-state index in [0.717, 1.165) is 24.6 Å². The summed E-state index contributed by atoms with van der Waals surface area (Å²) < 4.78 is 0. The van der Waals surface area contributed by atoms with Gasteiger partial charge in [0, 0.05) is 12.5 Å². The maximum absolute atomic E-state index is 8.56. The average molecular weight is 193 g/mol. The van der Waals surface area contributed by atoms with Gasteiger partial charge in [-0.3, -0.25) is 0 Å². The predicted molar refractivity (Wildman–Crippen MR) is 54.7 cm³/mol. The zero-order valence-corrected chi connectivity index (χ0v) is 8.82. The van der Waals surface area contributed by atoms with Crippen LogP contribution in [-0.4, -0.2) is 17.6 Å². The molecule has 0 saturated heterocycles. The summed E-state index contributed by atoms with van der Waals surface area (Å²) in [6.07, 6.45) is 7.07. The molecule has 0 aliphatic carbocycles. The molecule has 0 bridgehead atoms. The number of halogens is 1. The molecule has 0 amide bonds. The van der Waals surface area contributed by atoms with Crippen molar-refractivity contribution in [3.8, 4) is 0 Å². The lowest BCUT2D eigenvalue weighted by Gasteiger charge is -2.09. The standard InChI is InChI=1S/C10H21ClO/c1-10(7-5-8-11)6-3-2-4-9-12/h10,12H,2-9H2,1H3/t10-/m0/s1. The Labute approximate surface area is 81.1 Å². The minimum atomic E-state index is 0.343. The molecule has 0 saturated carbocycles. The maximum Gasteiger partial charge on any atom is 0.0431 e. The second-order valence-electron chi connectivity index (χ2n) is 3.51. The number of rotatable bonds is 8. The third-order valence-electron chi connectivity index (χ3n) is 2.19. The van der Waals surface area contributed by atoms with Crippen molar-refractivity contribution in [3.05, 3.63) is 0 Å². The molecule has 12 heavy (non-hydrogen) atoms. The molecule has 0 radical (unpaired) electrons. The number of hydrogen-bond donors (Lipinski definition) is 1. The average Bonchev–Trinajstić information content (AvgIpc) is 2.09. The van der Waals surface area contributed by atoms with Crippen LogP contribution in [0.4, 0.5) is 0 Å². The largest absolute Gasteiger partial charge is 0.396 e. The molecule has 0 spiro atoms. The molecule has 1 atom stereocenters. The summed E-state index contributed by atoms with van der Waals surface area (Å²) in [5, 5.41) is 8.56. The van der Waals surface area contributed by atoms with Crippen LogP contribution in [0.5, 0.6) is 0 Å². The van der Waals surface area contributed by atoms with Gasteiger partial charge in [0.15, 0.2) is 0 Å². The van der Waals surface area contributed by atoms with Gasteiger partial charge in [0.05, 0.1) is 0 Å². The Balaban J connectivity index is 3.02. The summed E-state index contributed by atoms with van der Waals surface area (Å²) in [4.78, 5) is 0. The molecule has 1 N–H and O–H groups in total. The van der Waals surface area contributed by atoms with Crippen molar-refractivity contribution in [2.45, 2.75) is 45.4 Å². The molecule has 74 valence electrons. The maximum atomic E-state index is 8.56. The molecule has 0 rings (SSSR count). The van der Waals surface area contributed by atoms with Gasteiger partial charge in [-0.05, 0) is 25.2 Å². The first-order valence-corrected chi connectivity index (χ1v) is 5.51. The SMILES string of the molecule is C[C@H](CCCCl)CCCCCO. The Kier molecular flexibility index (Phi) is 9.53. The molecular formula is C10H21ClO. The summed E-state index contributed by atoms with van der Waals surface area (Å²) in [5.41, 5.74) is 0. The van der Waals surface area contributed by atoms with Crippen LogP contribution in [0.15, 0.2) is 0 Å². The Hall–Kier alpha value is 0.250. The summed E-state index contributed by atoms with van der Waals surface area (Å²) in [7, 11) is 0. The highest BCUT2D eigenvalue weighted by atomic mass is 35.5. The van der Waals surface area contributed by atoms with Crippen molar-refractivity contribution >= 4 is 11.6 Å². The van der Waals surface area contributed by atoms with E-state index in [-0.39, 0.29) is 0 Å². The van der Waals surface area contributed by atoms with Crippen LogP contribution in [0.1, 0.15) is 45.4 Å². The van der Waals surface area contributed by atoms with Crippen LogP contribution >= 0.6 is 11.6 Å². The third kappa shape index (κ3) is 8.35. The molecule has 2 heteroatoms. The topological polar surface area (TPSA) is 20.2 Å². The first kappa shape index (κ1) is 12.2. The minimum Gasteiger partial charge on any atom is -0.396 e. The fraction of sp³-hybridized carbons (Fsp3) is 1.00. The molecule has 0 fully saturated rings. The predicted octanol–water partition coefficient (Wildman–Crippen LogP) is 3.19. The lowest BCUT2D eigenvalue weighted by atomic mass is 9.99. The van der Waals surface area contributed by atoms with Gasteiger partial charge >= 0.3 is 0 Å². The third-order valence-corrected chi connectivity index (χ3v) is 2.45. The molecule has 0 aromatic heterocycles. The summed E-state index contributed by atoms with van der Waals surface area (Å²) in [6, 6.07) is 0. The summed E-state index contributed by atoms with van der Waals surface area (Å²) in [5.74, 6) is 1.60. The summed E-state index contributed by atoms with van der Waals surface area (Å²) in [6.45, 7) is 2.63. The van der Waals surface area contributed by atoms with Crippen LogP contribution in [-0.2, 0) is 0 Å². The Morgan fingerprint density at radius 1 is 1.08 bits per heavy atom.